The minimum atomic E-state index is -4.78. The van der Waals surface area contributed by atoms with E-state index in [1.54, 1.807) is 0 Å². The van der Waals surface area contributed by atoms with E-state index in [2.05, 4.69) is 64.9 Å². The van der Waals surface area contributed by atoms with Crippen LogP contribution in [0.4, 0.5) is 4.79 Å². The molecule has 0 heterocycles. The number of hydrogen-bond donors (Lipinski definition) is 6. The summed E-state index contributed by atoms with van der Waals surface area (Å²) in [5, 5.41) is 15.8. The van der Waals surface area contributed by atoms with Crippen LogP contribution in [0.3, 0.4) is 0 Å². The molecule has 492 valence electrons. The lowest BCUT2D eigenvalue weighted by Gasteiger charge is -2.58. The van der Waals surface area contributed by atoms with E-state index in [1.165, 1.54) is 56.9 Å². The molecule has 0 aliphatic heterocycles. The molecule has 0 saturated heterocycles. The number of phosphoric ester groups is 3. The maximum Gasteiger partial charge on any atom is 0.474 e. The van der Waals surface area contributed by atoms with E-state index in [9.17, 15) is 43.1 Å². The minimum absolute atomic E-state index is 0.0641. The van der Waals surface area contributed by atoms with Crippen molar-refractivity contribution in [2.45, 2.75) is 188 Å². The van der Waals surface area contributed by atoms with E-state index in [0.29, 0.717) is 77.2 Å². The van der Waals surface area contributed by atoms with Gasteiger partial charge in [-0.1, -0.05) is 104 Å². The van der Waals surface area contributed by atoms with Gasteiger partial charge in [0.25, 0.3) is 0 Å². The Morgan fingerprint density at radius 2 is 1.19 bits per heavy atom. The van der Waals surface area contributed by atoms with Crippen LogP contribution in [-0.4, -0.2) is 157 Å². The quantitative estimate of drug-likeness (QED) is 0.0143. The molecule has 0 aromatic heterocycles. The van der Waals surface area contributed by atoms with Gasteiger partial charge in [0, 0.05) is 46.3 Å². The SMILES string of the molecule is COP(=O)(O)OCCCCCCCCCCC(=O)NCCCOCC(O)COP(=O)(O)OCOP(=O)(O)OCCOCCOCCOCCOCCCNC(=O)O[C@H]1CC[C@@]2(C)C(=CC[C@H]3[C@@H]4CC[C@H]([C@H](C)CCCC(C)C)[C@@]4(C)CC[C@@H]32)C1. The Hall–Kier alpha value is -1.43. The molecule has 2 amide bonds. The lowest BCUT2D eigenvalue weighted by atomic mass is 9.47. The van der Waals surface area contributed by atoms with Crippen LogP contribution in [0.15, 0.2) is 11.6 Å². The number of allylic oxidation sites excluding steroid dienone is 1. The fourth-order valence-corrected chi connectivity index (χ4v) is 14.9. The number of fused-ring (bicyclic) bond motifs is 5. The monoisotopic (exact) mass is 1260 g/mol. The first-order valence-corrected chi connectivity index (χ1v) is 35.8. The number of phosphoric acid groups is 3. The highest BCUT2D eigenvalue weighted by Gasteiger charge is 2.59. The van der Waals surface area contributed by atoms with Crippen molar-refractivity contribution in [1.29, 1.82) is 0 Å². The summed E-state index contributed by atoms with van der Waals surface area (Å²) in [6.07, 6.45) is 23.4. The average molecular weight is 1260 g/mol. The molecule has 6 N–H and O–H groups in total. The van der Waals surface area contributed by atoms with Crippen LogP contribution in [0, 0.1) is 46.3 Å². The van der Waals surface area contributed by atoms with Gasteiger partial charge in [0.05, 0.1) is 72.7 Å². The fourth-order valence-electron chi connectivity index (χ4n) is 13.1. The molecule has 0 bridgehead atoms. The number of carbonyl (C=O) groups excluding carboxylic acids is 2. The standard InChI is InChI=1S/C58H109N2O21P3/c1-46(2)18-15-19-47(3)52-23-24-53-51-22-21-48-42-50(25-27-57(48,4)54(51)26-28-58(52,53)5)81-56(63)60-30-17-31-71-34-35-72-36-37-73-38-39-74-40-41-77-83(66,67)79-45-80-84(68,69)78-44-49(61)43-75-32-16-29-59-55(62)20-13-11-9-7-8-10-12-14-33-76-82(64,65)70-6/h21,46-47,49-54,61H,7-20,22-45H2,1-6H3,(H,59,62)(H,60,63)(H,64,65)(H,66,67)(H,68,69)/t47-,49?,50+,51+,52-,53+,54+,57+,58-/m1/s1. The predicted molar refractivity (Wildman–Crippen MR) is 317 cm³/mol. The van der Waals surface area contributed by atoms with Gasteiger partial charge in [-0.25, -0.2) is 18.5 Å². The van der Waals surface area contributed by atoms with Crippen LogP contribution in [-0.2, 0) is 74.1 Å². The number of nitrogens with one attached hydrogen (secondary N) is 2. The predicted octanol–water partition coefficient (Wildman–Crippen LogP) is 11.0. The molecule has 0 aromatic rings. The summed E-state index contributed by atoms with van der Waals surface area (Å²) in [7, 11) is -12.2. The lowest BCUT2D eigenvalue weighted by Crippen LogP contribution is -2.51. The number of aliphatic hydroxyl groups is 1. The molecule has 4 aliphatic rings. The number of unbranched alkanes of at least 4 members (excludes halogenated alkanes) is 7. The molecule has 4 rings (SSSR count). The molecular weight excluding hydrogens is 1150 g/mol. The van der Waals surface area contributed by atoms with Crippen LogP contribution in [0.25, 0.3) is 0 Å². The Morgan fingerprint density at radius 1 is 0.607 bits per heavy atom. The molecule has 4 aliphatic carbocycles. The first kappa shape index (κ1) is 75.0. The molecule has 4 unspecified atom stereocenters. The molecule has 3 saturated carbocycles. The van der Waals surface area contributed by atoms with E-state index < -0.39 is 43.0 Å². The third-order valence-electron chi connectivity index (χ3n) is 17.6. The highest BCUT2D eigenvalue weighted by atomic mass is 31.2. The molecule has 26 heteroatoms. The van der Waals surface area contributed by atoms with Crippen molar-refractivity contribution in [3.63, 3.8) is 0 Å². The normalized spacial score (nSPS) is 26.0. The Balaban J connectivity index is 0.876. The third-order valence-corrected chi connectivity index (χ3v) is 20.4. The smallest absolute Gasteiger partial charge is 0.446 e. The zero-order chi connectivity index (χ0) is 61.3. The Labute approximate surface area is 501 Å². The molecule has 0 aromatic carbocycles. The summed E-state index contributed by atoms with van der Waals surface area (Å²) in [5.41, 5.74) is 2.22. The summed E-state index contributed by atoms with van der Waals surface area (Å²) in [5.74, 6) is 4.75. The topological polar surface area (TPSA) is 301 Å². The van der Waals surface area contributed by atoms with Crippen molar-refractivity contribution in [1.82, 2.24) is 10.6 Å². The highest BCUT2D eigenvalue weighted by Crippen LogP contribution is 2.67. The second-order valence-corrected chi connectivity index (χ2v) is 28.7. The van der Waals surface area contributed by atoms with Crippen LogP contribution in [0.2, 0.25) is 0 Å². The molecule has 0 spiro atoms. The van der Waals surface area contributed by atoms with Crippen LogP contribution in [0.1, 0.15) is 176 Å². The highest BCUT2D eigenvalue weighted by molar-refractivity contribution is 7.48. The first-order chi connectivity index (χ1) is 40.1. The zero-order valence-electron chi connectivity index (χ0n) is 51.6. The summed E-state index contributed by atoms with van der Waals surface area (Å²) in [4.78, 5) is 53.7. The number of ether oxygens (including phenoxy) is 6. The maximum atomic E-state index is 12.8. The van der Waals surface area contributed by atoms with Crippen molar-refractivity contribution in [2.24, 2.45) is 46.3 Å². The summed E-state index contributed by atoms with van der Waals surface area (Å²) >= 11 is 0. The minimum Gasteiger partial charge on any atom is -0.446 e. The molecule has 0 radical (unpaired) electrons. The molecule has 84 heavy (non-hydrogen) atoms. The van der Waals surface area contributed by atoms with Crippen LogP contribution >= 0.6 is 23.5 Å². The maximum absolute atomic E-state index is 12.8. The van der Waals surface area contributed by atoms with E-state index in [4.69, 9.17) is 42.0 Å². The van der Waals surface area contributed by atoms with Gasteiger partial charge in [-0.05, 0) is 117 Å². The van der Waals surface area contributed by atoms with Gasteiger partial charge in [0.1, 0.15) is 12.2 Å². The van der Waals surface area contributed by atoms with Gasteiger partial charge < -0.3 is 58.8 Å². The number of aliphatic hydroxyl groups excluding tert-OH is 1. The van der Waals surface area contributed by atoms with Crippen LogP contribution in [0.5, 0.6) is 0 Å². The van der Waals surface area contributed by atoms with Gasteiger partial charge in [0.2, 0.25) is 5.91 Å². The number of alkyl carbamates (subject to hydrolysis) is 1. The second kappa shape index (κ2) is 40.3. The van der Waals surface area contributed by atoms with Crippen molar-refractivity contribution in [3.8, 4) is 0 Å². The largest absolute Gasteiger partial charge is 0.474 e. The van der Waals surface area contributed by atoms with Crippen molar-refractivity contribution < 1.29 is 98.6 Å². The van der Waals surface area contributed by atoms with E-state index >= 15 is 0 Å². The lowest BCUT2D eigenvalue weighted by molar-refractivity contribution is -0.121. The third kappa shape index (κ3) is 29.0. The molecule has 3 fully saturated rings. The number of amides is 2. The van der Waals surface area contributed by atoms with Crippen molar-refractivity contribution >= 4 is 35.5 Å². The summed E-state index contributed by atoms with van der Waals surface area (Å²) < 4.78 is 96.4. The van der Waals surface area contributed by atoms with Crippen molar-refractivity contribution in [3.05, 3.63) is 11.6 Å². The summed E-state index contributed by atoms with van der Waals surface area (Å²) in [6, 6.07) is 0. The van der Waals surface area contributed by atoms with Gasteiger partial charge in [-0.3, -0.25) is 31.9 Å². The van der Waals surface area contributed by atoms with Gasteiger partial charge >= 0.3 is 29.6 Å². The van der Waals surface area contributed by atoms with E-state index in [-0.39, 0.29) is 69.8 Å². The van der Waals surface area contributed by atoms with E-state index in [0.717, 1.165) is 107 Å². The Kier molecular flexibility index (Phi) is 36.0. The number of carbonyl (C=O) groups is 2. The first-order valence-electron chi connectivity index (χ1n) is 31.3. The van der Waals surface area contributed by atoms with Gasteiger partial charge in [-0.2, -0.15) is 0 Å². The van der Waals surface area contributed by atoms with Crippen LogP contribution < -0.4 is 10.6 Å². The fraction of sp³-hybridized carbons (Fsp3) is 0.931. The number of rotatable bonds is 49. The molecule has 12 atom stereocenters. The Morgan fingerprint density at radius 3 is 1.85 bits per heavy atom. The zero-order valence-corrected chi connectivity index (χ0v) is 54.3. The van der Waals surface area contributed by atoms with Crippen molar-refractivity contribution in [2.75, 3.05) is 113 Å². The number of hydrogen-bond acceptors (Lipinski definition) is 18. The summed E-state index contributed by atoms with van der Waals surface area (Å²) in [6.45, 7) is 13.6. The molecule has 23 nitrogen and oxygen atoms in total. The molecular formula is C58H109N2O21P3. The van der Waals surface area contributed by atoms with E-state index in [1.807, 2.05) is 0 Å². The van der Waals surface area contributed by atoms with Gasteiger partial charge in [0.15, 0.2) is 6.79 Å². The average Bonchev–Trinajstić information content (AvgIpc) is 2.18. The second-order valence-electron chi connectivity index (χ2n) is 24.2. The van der Waals surface area contributed by atoms with Gasteiger partial charge in [-0.15, -0.1) is 0 Å². The Bertz CT molecular complexity index is 2030.